The first kappa shape index (κ1) is 12.3. The van der Waals surface area contributed by atoms with E-state index in [2.05, 4.69) is 37.5 Å². The van der Waals surface area contributed by atoms with E-state index >= 15 is 0 Å². The van der Waals surface area contributed by atoms with Gasteiger partial charge in [-0.2, -0.15) is 0 Å². The number of rotatable bonds is 2. The van der Waals surface area contributed by atoms with Crippen molar-refractivity contribution in [1.29, 1.82) is 0 Å². The summed E-state index contributed by atoms with van der Waals surface area (Å²) in [4.78, 5) is 6.91. The number of aromatic nitrogens is 4. The predicted molar refractivity (Wildman–Crippen MR) is 81.3 cm³/mol. The van der Waals surface area contributed by atoms with E-state index in [1.807, 2.05) is 28.8 Å². The second-order valence-corrected chi connectivity index (χ2v) is 5.09. The molecule has 0 saturated carbocycles. The lowest BCUT2D eigenvalue weighted by molar-refractivity contribution is 0.585. The molecule has 0 atom stereocenters. The van der Waals surface area contributed by atoms with Crippen molar-refractivity contribution in [1.82, 2.24) is 24.9 Å². The number of hydrogen-bond acceptors (Lipinski definition) is 5. The average Bonchev–Trinajstić information content (AvgIpc) is 3.05. The monoisotopic (exact) mass is 280 g/mol. The Bertz CT molecular complexity index is 745. The van der Waals surface area contributed by atoms with Gasteiger partial charge in [0.1, 0.15) is 6.33 Å². The number of fused-ring (bicyclic) bond motifs is 1. The van der Waals surface area contributed by atoms with E-state index in [0.717, 1.165) is 48.9 Å². The summed E-state index contributed by atoms with van der Waals surface area (Å²) in [6.45, 7) is 3.84. The Balaban J connectivity index is 1.84. The van der Waals surface area contributed by atoms with Crippen molar-refractivity contribution in [2.24, 2.45) is 0 Å². The Kier molecular flexibility index (Phi) is 3.01. The van der Waals surface area contributed by atoms with Crippen LogP contribution < -0.4 is 10.2 Å². The van der Waals surface area contributed by atoms with Gasteiger partial charge in [-0.3, -0.25) is 4.40 Å². The first-order valence-corrected chi connectivity index (χ1v) is 7.13. The second-order valence-electron chi connectivity index (χ2n) is 5.09. The molecule has 1 N–H and O–H groups in total. The van der Waals surface area contributed by atoms with E-state index in [4.69, 9.17) is 0 Å². The summed E-state index contributed by atoms with van der Waals surface area (Å²) in [7, 11) is 0. The summed E-state index contributed by atoms with van der Waals surface area (Å²) in [5.74, 6) is 0.911. The van der Waals surface area contributed by atoms with Crippen LogP contribution in [0.1, 0.15) is 0 Å². The number of benzene rings is 1. The van der Waals surface area contributed by atoms with E-state index in [1.54, 1.807) is 6.33 Å². The molecular weight excluding hydrogens is 264 g/mol. The zero-order valence-corrected chi connectivity index (χ0v) is 11.6. The van der Waals surface area contributed by atoms with Crippen LogP contribution in [0.2, 0.25) is 0 Å². The van der Waals surface area contributed by atoms with E-state index < -0.39 is 0 Å². The molecule has 0 aliphatic carbocycles. The van der Waals surface area contributed by atoms with Crippen LogP contribution in [-0.2, 0) is 0 Å². The number of nitrogens with zero attached hydrogens (tertiary/aromatic N) is 5. The van der Waals surface area contributed by atoms with Crippen molar-refractivity contribution >= 4 is 11.5 Å². The van der Waals surface area contributed by atoms with Gasteiger partial charge in [0.15, 0.2) is 5.82 Å². The fraction of sp³-hybridized carbons (Fsp3) is 0.267. The summed E-state index contributed by atoms with van der Waals surface area (Å²) in [6, 6.07) is 10.2. The number of nitrogens with one attached hydrogen (secondary N) is 1. The van der Waals surface area contributed by atoms with E-state index in [9.17, 15) is 0 Å². The highest BCUT2D eigenvalue weighted by atomic mass is 15.3. The van der Waals surface area contributed by atoms with Crippen molar-refractivity contribution in [3.05, 3.63) is 42.9 Å². The van der Waals surface area contributed by atoms with Crippen LogP contribution in [0, 0.1) is 0 Å². The smallest absolute Gasteiger partial charge is 0.204 e. The van der Waals surface area contributed by atoms with Gasteiger partial charge in [0.25, 0.3) is 0 Å². The van der Waals surface area contributed by atoms with Gasteiger partial charge < -0.3 is 10.2 Å². The summed E-state index contributed by atoms with van der Waals surface area (Å²) in [5.41, 5.74) is 2.94. The van der Waals surface area contributed by atoms with Gasteiger partial charge in [-0.1, -0.05) is 30.3 Å². The van der Waals surface area contributed by atoms with Gasteiger partial charge in [0.2, 0.25) is 5.65 Å². The molecule has 6 heteroatoms. The van der Waals surface area contributed by atoms with Gasteiger partial charge in [-0.25, -0.2) is 4.98 Å². The largest absolute Gasteiger partial charge is 0.351 e. The highest BCUT2D eigenvalue weighted by Gasteiger charge is 2.18. The van der Waals surface area contributed by atoms with Crippen molar-refractivity contribution in [2.45, 2.75) is 0 Å². The molecule has 0 spiro atoms. The molecule has 3 aromatic rings. The van der Waals surface area contributed by atoms with Gasteiger partial charge in [0.05, 0.1) is 11.9 Å². The lowest BCUT2D eigenvalue weighted by Crippen LogP contribution is -2.44. The highest BCUT2D eigenvalue weighted by molar-refractivity contribution is 5.70. The molecule has 6 nitrogen and oxygen atoms in total. The van der Waals surface area contributed by atoms with Crippen LogP contribution in [0.25, 0.3) is 16.9 Å². The van der Waals surface area contributed by atoms with Crippen molar-refractivity contribution in [3.8, 4) is 11.3 Å². The minimum Gasteiger partial charge on any atom is -0.351 e. The Morgan fingerprint density at radius 1 is 1.05 bits per heavy atom. The summed E-state index contributed by atoms with van der Waals surface area (Å²) >= 11 is 0. The van der Waals surface area contributed by atoms with Gasteiger partial charge in [-0.05, 0) is 0 Å². The molecule has 0 unspecified atom stereocenters. The molecule has 0 bridgehead atoms. The fourth-order valence-electron chi connectivity index (χ4n) is 2.73. The van der Waals surface area contributed by atoms with Crippen LogP contribution in [0.15, 0.2) is 42.9 Å². The molecule has 0 amide bonds. The normalized spacial score (nSPS) is 15.5. The molecule has 4 rings (SSSR count). The molecule has 1 saturated heterocycles. The van der Waals surface area contributed by atoms with Crippen molar-refractivity contribution < 1.29 is 0 Å². The molecule has 1 aromatic carbocycles. The first-order chi connectivity index (χ1) is 10.4. The zero-order chi connectivity index (χ0) is 14.1. The van der Waals surface area contributed by atoms with E-state index in [-0.39, 0.29) is 0 Å². The fourth-order valence-corrected chi connectivity index (χ4v) is 2.73. The lowest BCUT2D eigenvalue weighted by atomic mass is 10.1. The Hall–Kier alpha value is -2.47. The minimum atomic E-state index is 0.818. The number of piperazine rings is 1. The van der Waals surface area contributed by atoms with Gasteiger partial charge in [0, 0.05) is 31.7 Å². The maximum Gasteiger partial charge on any atom is 0.204 e. The topological polar surface area (TPSA) is 58.4 Å². The molecule has 2 aromatic heterocycles. The zero-order valence-electron chi connectivity index (χ0n) is 11.6. The van der Waals surface area contributed by atoms with E-state index in [0.29, 0.717) is 0 Å². The molecular formula is C15H16N6. The number of hydrogen-bond donors (Lipinski definition) is 1. The van der Waals surface area contributed by atoms with Crippen molar-refractivity contribution in [3.63, 3.8) is 0 Å². The summed E-state index contributed by atoms with van der Waals surface area (Å²) in [5, 5.41) is 11.7. The van der Waals surface area contributed by atoms with Crippen LogP contribution in [-0.4, -0.2) is 45.8 Å². The molecule has 1 aliphatic heterocycles. The predicted octanol–water partition coefficient (Wildman–Crippen LogP) is 1.20. The van der Waals surface area contributed by atoms with Crippen LogP contribution >= 0.6 is 0 Å². The SMILES string of the molecule is c1ccc(-c2cnc(N3CCNCC3)c3nncn23)cc1. The maximum atomic E-state index is 4.65. The third-order valence-corrected chi connectivity index (χ3v) is 3.80. The maximum absolute atomic E-state index is 4.65. The minimum absolute atomic E-state index is 0.818. The van der Waals surface area contributed by atoms with Crippen LogP contribution in [0.4, 0.5) is 5.82 Å². The molecule has 21 heavy (non-hydrogen) atoms. The Morgan fingerprint density at radius 2 is 1.86 bits per heavy atom. The summed E-state index contributed by atoms with van der Waals surface area (Å²) in [6.07, 6.45) is 3.66. The molecule has 1 aliphatic rings. The molecule has 0 radical (unpaired) electrons. The third-order valence-electron chi connectivity index (χ3n) is 3.80. The van der Waals surface area contributed by atoms with E-state index in [1.165, 1.54) is 0 Å². The highest BCUT2D eigenvalue weighted by Crippen LogP contribution is 2.24. The Labute approximate surface area is 122 Å². The standard InChI is InChI=1S/C15H16N6/c1-2-4-12(5-3-1)13-10-17-14(15-19-18-11-21(13)15)20-8-6-16-7-9-20/h1-5,10-11,16H,6-9H2. The van der Waals surface area contributed by atoms with Crippen LogP contribution in [0.5, 0.6) is 0 Å². The quantitative estimate of drug-likeness (QED) is 0.764. The van der Waals surface area contributed by atoms with Crippen LogP contribution in [0.3, 0.4) is 0 Å². The second kappa shape index (κ2) is 5.14. The number of anilines is 1. The van der Waals surface area contributed by atoms with Crippen molar-refractivity contribution in [2.75, 3.05) is 31.1 Å². The average molecular weight is 280 g/mol. The third kappa shape index (κ3) is 2.13. The molecule has 3 heterocycles. The lowest BCUT2D eigenvalue weighted by Gasteiger charge is -2.28. The molecule has 106 valence electrons. The van der Waals surface area contributed by atoms with Gasteiger partial charge >= 0.3 is 0 Å². The Morgan fingerprint density at radius 3 is 2.67 bits per heavy atom. The molecule has 1 fully saturated rings. The van der Waals surface area contributed by atoms with Gasteiger partial charge in [-0.15, -0.1) is 10.2 Å². The first-order valence-electron chi connectivity index (χ1n) is 7.13. The summed E-state index contributed by atoms with van der Waals surface area (Å²) < 4.78 is 2.01.